The van der Waals surface area contributed by atoms with Crippen molar-refractivity contribution in [2.24, 2.45) is 5.84 Å². The summed E-state index contributed by atoms with van der Waals surface area (Å²) < 4.78 is 1.83. The summed E-state index contributed by atoms with van der Waals surface area (Å²) in [5, 5.41) is 2.87. The van der Waals surface area contributed by atoms with Crippen LogP contribution in [0.2, 0.25) is 0 Å². The number of nitrogen functional groups attached to an aromatic ring is 1. The SMILES string of the molecule is CC1(C)C(=O)NCCN1c1nc(NN)cn2ccnc12. The van der Waals surface area contributed by atoms with E-state index in [2.05, 4.69) is 20.7 Å². The molecule has 4 N–H and O–H groups in total. The average Bonchev–Trinajstić information content (AvgIpc) is 2.89. The van der Waals surface area contributed by atoms with Crippen molar-refractivity contribution in [2.45, 2.75) is 19.4 Å². The molecule has 20 heavy (non-hydrogen) atoms. The van der Waals surface area contributed by atoms with Gasteiger partial charge in [-0.2, -0.15) is 0 Å². The van der Waals surface area contributed by atoms with E-state index in [1.54, 1.807) is 12.4 Å². The van der Waals surface area contributed by atoms with Gasteiger partial charge in [-0.05, 0) is 13.8 Å². The third-order valence-corrected chi connectivity index (χ3v) is 3.61. The smallest absolute Gasteiger partial charge is 0.245 e. The molecule has 1 aliphatic heterocycles. The Morgan fingerprint density at radius 3 is 3.05 bits per heavy atom. The fraction of sp³-hybridized carbons (Fsp3) is 0.417. The van der Waals surface area contributed by atoms with Gasteiger partial charge in [0.15, 0.2) is 17.3 Å². The number of aromatic nitrogens is 3. The normalized spacial score (nSPS) is 18.1. The highest BCUT2D eigenvalue weighted by Crippen LogP contribution is 2.28. The molecule has 2 aromatic rings. The summed E-state index contributed by atoms with van der Waals surface area (Å²) in [5.74, 6) is 6.60. The molecule has 0 aromatic carbocycles. The highest BCUT2D eigenvalue weighted by atomic mass is 16.2. The molecule has 106 valence electrons. The largest absolute Gasteiger partial charge is 0.352 e. The van der Waals surface area contributed by atoms with E-state index in [1.165, 1.54) is 0 Å². The first-order valence-electron chi connectivity index (χ1n) is 6.40. The Morgan fingerprint density at radius 1 is 1.50 bits per heavy atom. The molecule has 2 aromatic heterocycles. The summed E-state index contributed by atoms with van der Waals surface area (Å²) in [5.41, 5.74) is 2.55. The van der Waals surface area contributed by atoms with Crippen LogP contribution in [0.4, 0.5) is 11.6 Å². The first-order chi connectivity index (χ1) is 9.54. The number of amides is 1. The zero-order chi connectivity index (χ0) is 14.3. The predicted octanol–water partition coefficient (Wildman–Crippen LogP) is -0.270. The topological polar surface area (TPSA) is 101 Å². The van der Waals surface area contributed by atoms with Gasteiger partial charge in [-0.1, -0.05) is 0 Å². The molecule has 0 unspecified atom stereocenters. The fourth-order valence-electron chi connectivity index (χ4n) is 2.44. The number of imidazole rings is 1. The van der Waals surface area contributed by atoms with Crippen LogP contribution in [0.3, 0.4) is 0 Å². The van der Waals surface area contributed by atoms with Crippen LogP contribution in [0.15, 0.2) is 18.6 Å². The van der Waals surface area contributed by atoms with Gasteiger partial charge in [0, 0.05) is 25.5 Å². The van der Waals surface area contributed by atoms with E-state index in [-0.39, 0.29) is 5.91 Å². The minimum absolute atomic E-state index is 0.0265. The standard InChI is InChI=1S/C12H17N7O/c1-12(2)11(20)15-4-6-19(12)10-9-14-3-5-18(9)7-8(16-10)17-13/h3,5,7,17H,4,6,13H2,1-2H3,(H,15,20). The molecule has 1 amide bonds. The molecule has 0 spiro atoms. The molecule has 1 aliphatic rings. The van der Waals surface area contributed by atoms with Gasteiger partial charge in [0.1, 0.15) is 5.54 Å². The summed E-state index contributed by atoms with van der Waals surface area (Å²) in [6, 6.07) is 0. The van der Waals surface area contributed by atoms with Crippen LogP contribution in [-0.4, -0.2) is 38.9 Å². The molecular weight excluding hydrogens is 258 g/mol. The van der Waals surface area contributed by atoms with E-state index >= 15 is 0 Å². The second-order valence-corrected chi connectivity index (χ2v) is 5.22. The summed E-state index contributed by atoms with van der Waals surface area (Å²) in [6.45, 7) is 4.98. The summed E-state index contributed by atoms with van der Waals surface area (Å²) >= 11 is 0. The van der Waals surface area contributed by atoms with Crippen LogP contribution in [0, 0.1) is 0 Å². The molecule has 0 atom stereocenters. The van der Waals surface area contributed by atoms with Gasteiger partial charge in [-0.25, -0.2) is 15.8 Å². The predicted molar refractivity (Wildman–Crippen MR) is 75.2 cm³/mol. The third kappa shape index (κ3) is 1.76. The second-order valence-electron chi connectivity index (χ2n) is 5.22. The molecule has 8 heteroatoms. The van der Waals surface area contributed by atoms with Gasteiger partial charge >= 0.3 is 0 Å². The van der Waals surface area contributed by atoms with Gasteiger partial charge in [0.2, 0.25) is 5.91 Å². The van der Waals surface area contributed by atoms with Gasteiger partial charge in [0.05, 0.1) is 6.20 Å². The molecule has 8 nitrogen and oxygen atoms in total. The van der Waals surface area contributed by atoms with E-state index in [9.17, 15) is 4.79 Å². The van der Waals surface area contributed by atoms with Crippen LogP contribution in [-0.2, 0) is 4.79 Å². The Kier molecular flexibility index (Phi) is 2.75. The monoisotopic (exact) mass is 275 g/mol. The maximum Gasteiger partial charge on any atom is 0.245 e. The number of hydrazine groups is 1. The van der Waals surface area contributed by atoms with E-state index in [4.69, 9.17) is 5.84 Å². The number of hydrogen-bond donors (Lipinski definition) is 3. The lowest BCUT2D eigenvalue weighted by atomic mass is 9.99. The summed E-state index contributed by atoms with van der Waals surface area (Å²) in [7, 11) is 0. The van der Waals surface area contributed by atoms with E-state index in [0.717, 1.165) is 0 Å². The van der Waals surface area contributed by atoms with Crippen molar-refractivity contribution in [1.29, 1.82) is 0 Å². The zero-order valence-corrected chi connectivity index (χ0v) is 11.4. The number of nitrogens with two attached hydrogens (primary N) is 1. The van der Waals surface area contributed by atoms with Gasteiger partial charge in [-0.3, -0.25) is 4.79 Å². The Labute approximate surface area is 116 Å². The van der Waals surface area contributed by atoms with Gasteiger partial charge < -0.3 is 20.0 Å². The highest BCUT2D eigenvalue weighted by molar-refractivity contribution is 5.91. The Bertz CT molecular complexity index is 663. The van der Waals surface area contributed by atoms with E-state index in [0.29, 0.717) is 30.4 Å². The van der Waals surface area contributed by atoms with Gasteiger partial charge in [-0.15, -0.1) is 0 Å². The van der Waals surface area contributed by atoms with Crippen LogP contribution in [0.25, 0.3) is 5.65 Å². The zero-order valence-electron chi connectivity index (χ0n) is 11.4. The highest BCUT2D eigenvalue weighted by Gasteiger charge is 2.39. The molecule has 0 aliphatic carbocycles. The number of carbonyl (C=O) groups is 1. The summed E-state index contributed by atoms with van der Waals surface area (Å²) in [6.07, 6.45) is 5.26. The number of hydrogen-bond acceptors (Lipinski definition) is 6. The summed E-state index contributed by atoms with van der Waals surface area (Å²) in [4.78, 5) is 22.8. The maximum absolute atomic E-state index is 12.1. The van der Waals surface area contributed by atoms with E-state index < -0.39 is 5.54 Å². The lowest BCUT2D eigenvalue weighted by Crippen LogP contribution is -2.62. The molecule has 0 saturated carbocycles. The first kappa shape index (κ1) is 12.7. The third-order valence-electron chi connectivity index (χ3n) is 3.61. The molecule has 0 bridgehead atoms. The van der Waals surface area contributed by atoms with Crippen molar-refractivity contribution in [3.63, 3.8) is 0 Å². The Morgan fingerprint density at radius 2 is 2.30 bits per heavy atom. The Balaban J connectivity index is 2.17. The second kappa shape index (κ2) is 4.34. The van der Waals surface area contributed by atoms with Crippen molar-refractivity contribution in [3.8, 4) is 0 Å². The number of piperazine rings is 1. The lowest BCUT2D eigenvalue weighted by molar-refractivity contribution is -0.126. The number of fused-ring (bicyclic) bond motifs is 1. The van der Waals surface area contributed by atoms with Gasteiger partial charge in [0.25, 0.3) is 0 Å². The van der Waals surface area contributed by atoms with Crippen molar-refractivity contribution in [3.05, 3.63) is 18.6 Å². The molecule has 1 saturated heterocycles. The van der Waals surface area contributed by atoms with Crippen LogP contribution in [0.5, 0.6) is 0 Å². The number of carbonyl (C=O) groups excluding carboxylic acids is 1. The average molecular weight is 275 g/mol. The van der Waals surface area contributed by atoms with Crippen molar-refractivity contribution in [2.75, 3.05) is 23.4 Å². The molecule has 3 rings (SSSR count). The molecule has 1 fully saturated rings. The number of anilines is 2. The quantitative estimate of drug-likeness (QED) is 0.515. The van der Waals surface area contributed by atoms with Crippen LogP contribution < -0.4 is 21.5 Å². The number of rotatable bonds is 2. The Hall–Kier alpha value is -2.35. The van der Waals surface area contributed by atoms with E-state index in [1.807, 2.05) is 29.3 Å². The molecular formula is C12H17N7O. The maximum atomic E-state index is 12.1. The lowest BCUT2D eigenvalue weighted by Gasteiger charge is -2.41. The minimum Gasteiger partial charge on any atom is -0.352 e. The minimum atomic E-state index is -0.690. The van der Waals surface area contributed by atoms with Crippen molar-refractivity contribution < 1.29 is 4.79 Å². The van der Waals surface area contributed by atoms with Crippen molar-refractivity contribution >= 4 is 23.2 Å². The first-order valence-corrected chi connectivity index (χ1v) is 6.40. The number of nitrogens with zero attached hydrogens (tertiary/aromatic N) is 4. The fourth-order valence-corrected chi connectivity index (χ4v) is 2.44. The molecule has 0 radical (unpaired) electrons. The van der Waals surface area contributed by atoms with Crippen LogP contribution >= 0.6 is 0 Å². The molecule has 3 heterocycles. The van der Waals surface area contributed by atoms with Crippen LogP contribution in [0.1, 0.15) is 13.8 Å². The van der Waals surface area contributed by atoms with Crippen molar-refractivity contribution in [1.82, 2.24) is 19.7 Å². The number of nitrogens with one attached hydrogen (secondary N) is 2.